The SMILES string of the molecule is CC(=O)N[C@H](CO)[C@H]1NC[C@@H](O)[C@H]1O. The first-order valence-electron chi connectivity index (χ1n) is 4.53. The molecule has 0 aliphatic carbocycles. The minimum atomic E-state index is -0.959. The van der Waals surface area contributed by atoms with Gasteiger partial charge in [0.05, 0.1) is 30.9 Å². The lowest BCUT2D eigenvalue weighted by molar-refractivity contribution is -0.120. The van der Waals surface area contributed by atoms with Crippen LogP contribution in [0.1, 0.15) is 6.92 Å². The molecule has 0 saturated carbocycles. The maximum absolute atomic E-state index is 10.8. The van der Waals surface area contributed by atoms with E-state index in [9.17, 15) is 15.0 Å². The first kappa shape index (κ1) is 11.4. The van der Waals surface area contributed by atoms with Crippen LogP contribution in [-0.2, 0) is 4.79 Å². The predicted octanol–water partition coefficient (Wildman–Crippen LogP) is -2.82. The van der Waals surface area contributed by atoms with Crippen LogP contribution in [-0.4, -0.2) is 58.7 Å². The zero-order chi connectivity index (χ0) is 10.7. The Hall–Kier alpha value is -0.690. The highest BCUT2D eigenvalue weighted by atomic mass is 16.3. The fraction of sp³-hybridized carbons (Fsp3) is 0.875. The van der Waals surface area contributed by atoms with Gasteiger partial charge < -0.3 is 26.0 Å². The zero-order valence-electron chi connectivity index (χ0n) is 7.97. The smallest absolute Gasteiger partial charge is 0.217 e. The summed E-state index contributed by atoms with van der Waals surface area (Å²) in [4.78, 5) is 10.8. The van der Waals surface area contributed by atoms with E-state index in [2.05, 4.69) is 10.6 Å². The van der Waals surface area contributed by atoms with Crippen LogP contribution in [0.15, 0.2) is 0 Å². The number of carbonyl (C=O) groups is 1. The maximum atomic E-state index is 10.8. The lowest BCUT2D eigenvalue weighted by Crippen LogP contribution is -2.53. The van der Waals surface area contributed by atoms with Crippen molar-refractivity contribution in [3.05, 3.63) is 0 Å². The monoisotopic (exact) mass is 204 g/mol. The number of hydrogen-bond donors (Lipinski definition) is 5. The fourth-order valence-corrected chi connectivity index (χ4v) is 1.63. The van der Waals surface area contributed by atoms with E-state index in [4.69, 9.17) is 5.11 Å². The molecular formula is C8H16N2O4. The van der Waals surface area contributed by atoms with Crippen LogP contribution >= 0.6 is 0 Å². The van der Waals surface area contributed by atoms with Crippen molar-refractivity contribution in [3.8, 4) is 0 Å². The summed E-state index contributed by atoms with van der Waals surface area (Å²) in [5.74, 6) is -0.278. The lowest BCUT2D eigenvalue weighted by atomic mass is 10.0. The van der Waals surface area contributed by atoms with Gasteiger partial charge in [0.1, 0.15) is 0 Å². The summed E-state index contributed by atoms with van der Waals surface area (Å²) in [6, 6.07) is -1.07. The molecule has 1 saturated heterocycles. The number of carbonyl (C=O) groups excluding carboxylic acids is 1. The number of β-amino-alcohol motifs (C(OH)–C–C–N with tert-alkyl or cyclic N) is 1. The Balaban J connectivity index is 2.56. The van der Waals surface area contributed by atoms with E-state index >= 15 is 0 Å². The third-order valence-electron chi connectivity index (χ3n) is 2.34. The fourth-order valence-electron chi connectivity index (χ4n) is 1.63. The standard InChI is InChI=1S/C8H16N2O4/c1-4(12)10-5(3-11)7-8(14)6(13)2-9-7/h5-9,11,13-14H,2-3H2,1H3,(H,10,12)/t5-,6-,7-,8-/m1/s1. The Morgan fingerprint density at radius 2 is 2.29 bits per heavy atom. The third-order valence-corrected chi connectivity index (χ3v) is 2.34. The van der Waals surface area contributed by atoms with E-state index in [0.29, 0.717) is 0 Å². The molecule has 0 bridgehead atoms. The summed E-state index contributed by atoms with van der Waals surface area (Å²) in [6.07, 6.45) is -1.80. The van der Waals surface area contributed by atoms with Crippen molar-refractivity contribution >= 4 is 5.91 Å². The average molecular weight is 204 g/mol. The van der Waals surface area contributed by atoms with Gasteiger partial charge in [-0.3, -0.25) is 4.79 Å². The molecule has 1 amide bonds. The Labute approximate surface area is 81.9 Å². The molecule has 1 aliphatic heterocycles. The molecule has 1 heterocycles. The Bertz CT molecular complexity index is 212. The molecule has 0 spiro atoms. The average Bonchev–Trinajstić information content (AvgIpc) is 2.44. The van der Waals surface area contributed by atoms with Crippen LogP contribution in [0, 0.1) is 0 Å². The molecule has 0 aromatic heterocycles. The van der Waals surface area contributed by atoms with Crippen LogP contribution in [0.5, 0.6) is 0 Å². The van der Waals surface area contributed by atoms with E-state index in [1.54, 1.807) is 0 Å². The van der Waals surface area contributed by atoms with Gasteiger partial charge in [-0.2, -0.15) is 0 Å². The predicted molar refractivity (Wildman–Crippen MR) is 48.5 cm³/mol. The molecule has 0 radical (unpaired) electrons. The molecule has 14 heavy (non-hydrogen) atoms. The van der Waals surface area contributed by atoms with Crippen LogP contribution in [0.2, 0.25) is 0 Å². The molecule has 0 aromatic carbocycles. The summed E-state index contributed by atoms with van der Waals surface area (Å²) in [6.45, 7) is 1.32. The lowest BCUT2D eigenvalue weighted by Gasteiger charge is -2.25. The van der Waals surface area contributed by atoms with Crippen molar-refractivity contribution in [2.45, 2.75) is 31.2 Å². The Kier molecular flexibility index (Phi) is 3.82. The van der Waals surface area contributed by atoms with E-state index in [0.717, 1.165) is 0 Å². The number of rotatable bonds is 3. The van der Waals surface area contributed by atoms with E-state index in [1.807, 2.05) is 0 Å². The summed E-state index contributed by atoms with van der Waals surface area (Å²) < 4.78 is 0. The molecule has 1 aliphatic rings. The molecule has 6 nitrogen and oxygen atoms in total. The van der Waals surface area contributed by atoms with Crippen molar-refractivity contribution in [1.29, 1.82) is 0 Å². The second-order valence-corrected chi connectivity index (χ2v) is 3.48. The number of amides is 1. The quantitative estimate of drug-likeness (QED) is 0.341. The van der Waals surface area contributed by atoms with E-state index < -0.39 is 24.3 Å². The molecule has 0 aromatic rings. The molecule has 5 N–H and O–H groups in total. The number of aliphatic hydroxyl groups excluding tert-OH is 3. The summed E-state index contributed by atoms with van der Waals surface area (Å²) in [5.41, 5.74) is 0. The molecule has 1 fully saturated rings. The summed E-state index contributed by atoms with van der Waals surface area (Å²) in [5, 5.41) is 33.1. The second kappa shape index (κ2) is 4.70. The highest BCUT2D eigenvalue weighted by Crippen LogP contribution is 2.11. The number of hydrogen-bond acceptors (Lipinski definition) is 5. The highest BCUT2D eigenvalue weighted by molar-refractivity contribution is 5.73. The van der Waals surface area contributed by atoms with Crippen LogP contribution in [0.4, 0.5) is 0 Å². The van der Waals surface area contributed by atoms with E-state index in [-0.39, 0.29) is 19.1 Å². The van der Waals surface area contributed by atoms with Gasteiger partial charge in [-0.15, -0.1) is 0 Å². The number of aliphatic hydroxyl groups is 3. The van der Waals surface area contributed by atoms with Gasteiger partial charge in [0.2, 0.25) is 5.91 Å². The third kappa shape index (κ3) is 2.42. The molecule has 82 valence electrons. The summed E-state index contributed by atoms with van der Waals surface area (Å²) in [7, 11) is 0. The van der Waals surface area contributed by atoms with Gasteiger partial charge in [-0.25, -0.2) is 0 Å². The van der Waals surface area contributed by atoms with Crippen molar-refractivity contribution < 1.29 is 20.1 Å². The van der Waals surface area contributed by atoms with Gasteiger partial charge in [0, 0.05) is 13.5 Å². The summed E-state index contributed by atoms with van der Waals surface area (Å²) >= 11 is 0. The van der Waals surface area contributed by atoms with Crippen molar-refractivity contribution in [1.82, 2.24) is 10.6 Å². The molecule has 0 unspecified atom stereocenters. The van der Waals surface area contributed by atoms with Crippen molar-refractivity contribution in [2.24, 2.45) is 0 Å². The van der Waals surface area contributed by atoms with Crippen molar-refractivity contribution in [3.63, 3.8) is 0 Å². The minimum absolute atomic E-state index is 0.266. The first-order valence-corrected chi connectivity index (χ1v) is 4.53. The van der Waals surface area contributed by atoms with Crippen molar-refractivity contribution in [2.75, 3.05) is 13.2 Å². The molecule has 4 atom stereocenters. The first-order chi connectivity index (χ1) is 6.56. The van der Waals surface area contributed by atoms with Crippen LogP contribution < -0.4 is 10.6 Å². The largest absolute Gasteiger partial charge is 0.394 e. The molecule has 1 rings (SSSR count). The van der Waals surface area contributed by atoms with Gasteiger partial charge >= 0.3 is 0 Å². The topological polar surface area (TPSA) is 102 Å². The molecule has 6 heteroatoms. The molecular weight excluding hydrogens is 188 g/mol. The van der Waals surface area contributed by atoms with Crippen LogP contribution in [0.25, 0.3) is 0 Å². The van der Waals surface area contributed by atoms with Gasteiger partial charge in [-0.05, 0) is 0 Å². The second-order valence-electron chi connectivity index (χ2n) is 3.48. The maximum Gasteiger partial charge on any atom is 0.217 e. The minimum Gasteiger partial charge on any atom is -0.394 e. The van der Waals surface area contributed by atoms with Crippen LogP contribution in [0.3, 0.4) is 0 Å². The van der Waals surface area contributed by atoms with Gasteiger partial charge in [0.25, 0.3) is 0 Å². The van der Waals surface area contributed by atoms with Gasteiger partial charge in [0.15, 0.2) is 0 Å². The Morgan fingerprint density at radius 1 is 1.64 bits per heavy atom. The highest BCUT2D eigenvalue weighted by Gasteiger charge is 2.38. The van der Waals surface area contributed by atoms with Gasteiger partial charge in [-0.1, -0.05) is 0 Å². The normalized spacial score (nSPS) is 34.1. The Morgan fingerprint density at radius 3 is 2.64 bits per heavy atom. The van der Waals surface area contributed by atoms with E-state index in [1.165, 1.54) is 6.92 Å². The number of nitrogens with one attached hydrogen (secondary N) is 2. The zero-order valence-corrected chi connectivity index (χ0v) is 7.97.